The number of ether oxygens (including phenoxy) is 1. The summed E-state index contributed by atoms with van der Waals surface area (Å²) in [6.07, 6.45) is 4.42. The quantitative estimate of drug-likeness (QED) is 0.914. The molecule has 1 aliphatic heterocycles. The molecule has 1 saturated heterocycles. The summed E-state index contributed by atoms with van der Waals surface area (Å²) in [5, 5.41) is 15.0. The predicted octanol–water partition coefficient (Wildman–Crippen LogP) is 2.24. The van der Waals surface area contributed by atoms with Crippen molar-refractivity contribution < 1.29 is 9.84 Å². The van der Waals surface area contributed by atoms with Crippen LogP contribution in [0.15, 0.2) is 0 Å². The average molecular weight is 273 g/mol. The summed E-state index contributed by atoms with van der Waals surface area (Å²) in [6.45, 7) is 2.75. The molecule has 0 spiro atoms. The van der Waals surface area contributed by atoms with Crippen LogP contribution in [0.2, 0.25) is 5.15 Å². The van der Waals surface area contributed by atoms with E-state index in [0.717, 1.165) is 30.7 Å². The molecule has 2 rings (SSSR count). The third-order valence-electron chi connectivity index (χ3n) is 3.52. The van der Waals surface area contributed by atoms with Crippen LogP contribution in [0.4, 0.5) is 0 Å². The van der Waals surface area contributed by atoms with Gasteiger partial charge in [0, 0.05) is 25.6 Å². The van der Waals surface area contributed by atoms with E-state index in [-0.39, 0.29) is 6.10 Å². The molecule has 2 heterocycles. The van der Waals surface area contributed by atoms with Crippen LogP contribution >= 0.6 is 11.6 Å². The average Bonchev–Trinajstić information content (AvgIpc) is 2.57. The SMILES string of the molecule is Cc1nn(C)c(Cl)c1CC(O)CC1CCCCO1. The Balaban J connectivity index is 1.91. The maximum absolute atomic E-state index is 10.1. The highest BCUT2D eigenvalue weighted by atomic mass is 35.5. The Morgan fingerprint density at radius 2 is 2.33 bits per heavy atom. The molecule has 1 fully saturated rings. The largest absolute Gasteiger partial charge is 0.393 e. The van der Waals surface area contributed by atoms with Crippen LogP contribution in [-0.4, -0.2) is 33.7 Å². The standard InChI is InChI=1S/C13H21ClN2O2/c1-9-12(13(14)16(2)15-9)8-10(17)7-11-5-3-4-6-18-11/h10-11,17H,3-8H2,1-2H3. The van der Waals surface area contributed by atoms with Crippen molar-refractivity contribution in [1.82, 2.24) is 9.78 Å². The van der Waals surface area contributed by atoms with Crippen molar-refractivity contribution in [3.8, 4) is 0 Å². The molecular weight excluding hydrogens is 252 g/mol. The lowest BCUT2D eigenvalue weighted by Gasteiger charge is -2.24. The third kappa shape index (κ3) is 3.25. The Bertz CT molecular complexity index is 400. The van der Waals surface area contributed by atoms with Gasteiger partial charge < -0.3 is 9.84 Å². The van der Waals surface area contributed by atoms with Gasteiger partial charge in [0.15, 0.2) is 0 Å². The zero-order valence-corrected chi connectivity index (χ0v) is 11.8. The Kier molecular flexibility index (Phi) is 4.65. The van der Waals surface area contributed by atoms with Crippen molar-refractivity contribution in [3.63, 3.8) is 0 Å². The number of nitrogens with zero attached hydrogens (tertiary/aromatic N) is 2. The summed E-state index contributed by atoms with van der Waals surface area (Å²) in [4.78, 5) is 0. The van der Waals surface area contributed by atoms with Gasteiger partial charge in [0.1, 0.15) is 5.15 Å². The molecule has 102 valence electrons. The van der Waals surface area contributed by atoms with E-state index in [1.807, 2.05) is 14.0 Å². The fraction of sp³-hybridized carbons (Fsp3) is 0.769. The first-order valence-corrected chi connectivity index (χ1v) is 6.93. The summed E-state index contributed by atoms with van der Waals surface area (Å²) in [7, 11) is 1.81. The molecule has 0 amide bonds. The number of aryl methyl sites for hydroxylation is 2. The second-order valence-corrected chi connectivity index (χ2v) is 5.42. The molecule has 0 radical (unpaired) electrons. The van der Waals surface area contributed by atoms with E-state index < -0.39 is 6.10 Å². The van der Waals surface area contributed by atoms with E-state index in [1.165, 1.54) is 6.42 Å². The Morgan fingerprint density at radius 1 is 1.56 bits per heavy atom. The van der Waals surface area contributed by atoms with Gasteiger partial charge in [-0.15, -0.1) is 0 Å². The molecule has 0 bridgehead atoms. The summed E-state index contributed by atoms with van der Waals surface area (Å²) in [5.74, 6) is 0. The second kappa shape index (κ2) is 6.04. The minimum absolute atomic E-state index is 0.199. The van der Waals surface area contributed by atoms with Crippen molar-refractivity contribution in [2.75, 3.05) is 6.61 Å². The van der Waals surface area contributed by atoms with Gasteiger partial charge in [-0.3, -0.25) is 4.68 Å². The van der Waals surface area contributed by atoms with Gasteiger partial charge in [-0.2, -0.15) is 5.10 Å². The lowest BCUT2D eigenvalue weighted by atomic mass is 9.99. The highest BCUT2D eigenvalue weighted by molar-refractivity contribution is 6.30. The fourth-order valence-electron chi connectivity index (χ4n) is 2.52. The number of hydrogen-bond acceptors (Lipinski definition) is 3. The lowest BCUT2D eigenvalue weighted by molar-refractivity contribution is -0.0148. The van der Waals surface area contributed by atoms with E-state index in [0.29, 0.717) is 18.0 Å². The van der Waals surface area contributed by atoms with E-state index in [4.69, 9.17) is 16.3 Å². The fourth-order valence-corrected chi connectivity index (χ4v) is 2.77. The van der Waals surface area contributed by atoms with Gasteiger partial charge in [-0.25, -0.2) is 0 Å². The molecule has 0 aliphatic carbocycles. The summed E-state index contributed by atoms with van der Waals surface area (Å²) in [5.41, 5.74) is 1.84. The maximum Gasteiger partial charge on any atom is 0.130 e. The Labute approximate surface area is 113 Å². The van der Waals surface area contributed by atoms with Gasteiger partial charge in [0.05, 0.1) is 17.9 Å². The van der Waals surface area contributed by atoms with E-state index >= 15 is 0 Å². The van der Waals surface area contributed by atoms with Crippen molar-refractivity contribution in [3.05, 3.63) is 16.4 Å². The number of aliphatic hydroxyl groups excluding tert-OH is 1. The Morgan fingerprint density at radius 3 is 2.89 bits per heavy atom. The van der Waals surface area contributed by atoms with Crippen LogP contribution in [-0.2, 0) is 18.2 Å². The van der Waals surface area contributed by atoms with Crippen molar-refractivity contribution in [2.24, 2.45) is 7.05 Å². The van der Waals surface area contributed by atoms with Crippen molar-refractivity contribution >= 4 is 11.6 Å². The first-order valence-electron chi connectivity index (χ1n) is 6.55. The summed E-state index contributed by atoms with van der Waals surface area (Å²) >= 11 is 6.16. The first kappa shape index (κ1) is 13.8. The van der Waals surface area contributed by atoms with E-state index in [1.54, 1.807) is 4.68 Å². The summed E-state index contributed by atoms with van der Waals surface area (Å²) in [6, 6.07) is 0. The molecule has 1 aliphatic rings. The normalized spacial score (nSPS) is 22.1. The van der Waals surface area contributed by atoms with Crippen LogP contribution in [0.5, 0.6) is 0 Å². The number of halogens is 1. The number of aliphatic hydroxyl groups is 1. The number of rotatable bonds is 4. The number of aromatic nitrogens is 2. The molecule has 1 aromatic heterocycles. The molecule has 1 N–H and O–H groups in total. The first-order chi connectivity index (χ1) is 8.58. The van der Waals surface area contributed by atoms with Crippen molar-refractivity contribution in [2.45, 2.75) is 51.2 Å². The predicted molar refractivity (Wildman–Crippen MR) is 70.9 cm³/mol. The van der Waals surface area contributed by atoms with Gasteiger partial charge in [-0.1, -0.05) is 11.6 Å². The van der Waals surface area contributed by atoms with Gasteiger partial charge in [0.2, 0.25) is 0 Å². The van der Waals surface area contributed by atoms with Crippen molar-refractivity contribution in [1.29, 1.82) is 0 Å². The maximum atomic E-state index is 10.1. The highest BCUT2D eigenvalue weighted by Gasteiger charge is 2.21. The second-order valence-electron chi connectivity index (χ2n) is 5.06. The van der Waals surface area contributed by atoms with E-state index in [9.17, 15) is 5.11 Å². The Hall–Kier alpha value is -0.580. The molecule has 18 heavy (non-hydrogen) atoms. The highest BCUT2D eigenvalue weighted by Crippen LogP contribution is 2.23. The topological polar surface area (TPSA) is 47.3 Å². The van der Waals surface area contributed by atoms with E-state index in [2.05, 4.69) is 5.10 Å². The smallest absolute Gasteiger partial charge is 0.130 e. The molecule has 2 unspecified atom stereocenters. The van der Waals surface area contributed by atoms with Crippen LogP contribution in [0.25, 0.3) is 0 Å². The minimum Gasteiger partial charge on any atom is -0.393 e. The van der Waals surface area contributed by atoms with Crippen LogP contribution in [0.3, 0.4) is 0 Å². The molecule has 0 aromatic carbocycles. The zero-order valence-electron chi connectivity index (χ0n) is 11.0. The molecule has 0 saturated carbocycles. The lowest BCUT2D eigenvalue weighted by Crippen LogP contribution is -2.25. The molecule has 1 aromatic rings. The molecule has 2 atom stereocenters. The van der Waals surface area contributed by atoms with Crippen LogP contribution in [0, 0.1) is 6.92 Å². The van der Waals surface area contributed by atoms with Crippen LogP contribution in [0.1, 0.15) is 36.9 Å². The van der Waals surface area contributed by atoms with Gasteiger partial charge in [-0.05, 0) is 32.6 Å². The van der Waals surface area contributed by atoms with Gasteiger partial charge >= 0.3 is 0 Å². The number of hydrogen-bond donors (Lipinski definition) is 1. The van der Waals surface area contributed by atoms with Crippen LogP contribution < -0.4 is 0 Å². The zero-order chi connectivity index (χ0) is 13.1. The molecule has 4 nitrogen and oxygen atoms in total. The molecular formula is C13H21ClN2O2. The minimum atomic E-state index is -0.409. The summed E-state index contributed by atoms with van der Waals surface area (Å²) < 4.78 is 7.29. The monoisotopic (exact) mass is 272 g/mol. The van der Waals surface area contributed by atoms with Gasteiger partial charge in [0.25, 0.3) is 0 Å². The third-order valence-corrected chi connectivity index (χ3v) is 3.99. The molecule has 5 heteroatoms.